The van der Waals surface area contributed by atoms with Crippen LogP contribution in [0.15, 0.2) is 60.8 Å². The molecule has 0 saturated heterocycles. The Bertz CT molecular complexity index is 1450. The smallest absolute Gasteiger partial charge is 0.387 e. The van der Waals surface area contributed by atoms with E-state index in [1.54, 1.807) is 6.08 Å². The molecule has 0 aliphatic carbocycles. The van der Waals surface area contributed by atoms with Crippen molar-refractivity contribution >= 4 is 13.7 Å². The molecule has 9 heteroatoms. The van der Waals surface area contributed by atoms with Gasteiger partial charge in [-0.1, -0.05) is 306 Å². The fourth-order valence-electron chi connectivity index (χ4n) is 9.95. The lowest BCUT2D eigenvalue weighted by Gasteiger charge is -2.25. The first-order valence-corrected chi connectivity index (χ1v) is 35.2. The van der Waals surface area contributed by atoms with Gasteiger partial charge in [0.25, 0.3) is 0 Å². The number of phosphoric acid groups is 1. The molecule has 0 aliphatic heterocycles. The van der Waals surface area contributed by atoms with E-state index in [9.17, 15) is 19.4 Å². The monoisotopic (exact) mass is 1120 g/mol. The number of carbonyl (C=O) groups is 1. The van der Waals surface area contributed by atoms with Crippen LogP contribution in [0.4, 0.5) is 0 Å². The Morgan fingerprint density at radius 2 is 0.744 bits per heavy atom. The molecular weight excluding hydrogens is 984 g/mol. The van der Waals surface area contributed by atoms with Gasteiger partial charge in [-0.3, -0.25) is 13.8 Å². The summed E-state index contributed by atoms with van der Waals surface area (Å²) in [5, 5.41) is 14.0. The average molecular weight is 1120 g/mol. The van der Waals surface area contributed by atoms with Gasteiger partial charge in [-0.2, -0.15) is 0 Å². The molecule has 0 fully saturated rings. The lowest BCUT2D eigenvalue weighted by Crippen LogP contribution is -2.45. The van der Waals surface area contributed by atoms with E-state index < -0.39 is 20.0 Å². The van der Waals surface area contributed by atoms with Crippen LogP contribution in [-0.2, 0) is 18.4 Å². The topological polar surface area (TPSA) is 105 Å². The van der Waals surface area contributed by atoms with Crippen molar-refractivity contribution in [1.29, 1.82) is 0 Å². The summed E-state index contributed by atoms with van der Waals surface area (Å²) in [5.74, 6) is -0.182. The van der Waals surface area contributed by atoms with Crippen molar-refractivity contribution in [3.63, 3.8) is 0 Å². The molecule has 3 atom stereocenters. The minimum Gasteiger partial charge on any atom is -0.387 e. The Labute approximate surface area is 485 Å². The number of aliphatic hydroxyl groups excluding tert-OH is 1. The molecule has 0 spiro atoms. The summed E-state index contributed by atoms with van der Waals surface area (Å²) in [4.78, 5) is 23.4. The number of hydrogen-bond donors (Lipinski definition) is 3. The maximum atomic E-state index is 13.0. The Balaban J connectivity index is 4.05. The molecule has 0 radical (unpaired) electrons. The van der Waals surface area contributed by atoms with Gasteiger partial charge in [-0.25, -0.2) is 4.57 Å². The van der Waals surface area contributed by atoms with Crippen molar-refractivity contribution < 1.29 is 32.9 Å². The first-order valence-electron chi connectivity index (χ1n) is 33.7. The van der Waals surface area contributed by atoms with E-state index in [0.29, 0.717) is 17.4 Å². The lowest BCUT2D eigenvalue weighted by atomic mass is 10.0. The van der Waals surface area contributed by atoms with Crippen LogP contribution in [-0.4, -0.2) is 73.4 Å². The normalized spacial score (nSPS) is 14.1. The molecule has 78 heavy (non-hydrogen) atoms. The third-order valence-electron chi connectivity index (χ3n) is 15.2. The van der Waals surface area contributed by atoms with Crippen LogP contribution in [0, 0.1) is 0 Å². The quantitative estimate of drug-likeness (QED) is 0.0243. The number of amides is 1. The highest BCUT2D eigenvalue weighted by molar-refractivity contribution is 7.47. The van der Waals surface area contributed by atoms with Crippen molar-refractivity contribution in [2.45, 2.75) is 334 Å². The maximum Gasteiger partial charge on any atom is 0.472 e. The van der Waals surface area contributed by atoms with Gasteiger partial charge in [0.15, 0.2) is 0 Å². The van der Waals surface area contributed by atoms with E-state index in [1.807, 2.05) is 27.2 Å². The summed E-state index contributed by atoms with van der Waals surface area (Å²) >= 11 is 0. The Morgan fingerprint density at radius 3 is 1.12 bits per heavy atom. The molecule has 0 aromatic rings. The summed E-state index contributed by atoms with van der Waals surface area (Å²) in [7, 11) is 1.56. The predicted octanol–water partition coefficient (Wildman–Crippen LogP) is 21.2. The number of unbranched alkanes of at least 4 members (excludes halogenated alkanes) is 41. The van der Waals surface area contributed by atoms with Crippen molar-refractivity contribution in [1.82, 2.24) is 5.32 Å². The van der Waals surface area contributed by atoms with Crippen molar-refractivity contribution in [3.8, 4) is 0 Å². The zero-order valence-corrected chi connectivity index (χ0v) is 53.3. The van der Waals surface area contributed by atoms with Crippen molar-refractivity contribution in [2.24, 2.45) is 0 Å². The second-order valence-corrected chi connectivity index (χ2v) is 25.6. The molecule has 0 bridgehead atoms. The fourth-order valence-corrected chi connectivity index (χ4v) is 10.7. The molecule has 1 amide bonds. The van der Waals surface area contributed by atoms with Crippen LogP contribution < -0.4 is 5.32 Å². The highest BCUT2D eigenvalue weighted by Crippen LogP contribution is 2.43. The van der Waals surface area contributed by atoms with Gasteiger partial charge in [0.05, 0.1) is 39.9 Å². The summed E-state index contributed by atoms with van der Waals surface area (Å²) in [6.45, 7) is 4.82. The number of hydrogen-bond acceptors (Lipinski definition) is 5. The maximum absolute atomic E-state index is 13.0. The highest BCUT2D eigenvalue weighted by atomic mass is 31.2. The number of nitrogens with zero attached hydrogens (tertiary/aromatic N) is 1. The number of rotatable bonds is 62. The summed E-state index contributed by atoms with van der Waals surface area (Å²) in [6, 6.07) is -0.865. The van der Waals surface area contributed by atoms with Gasteiger partial charge in [-0.05, 0) is 70.6 Å². The fraction of sp³-hybridized carbons (Fsp3) is 0.841. The molecule has 0 rings (SSSR count). The Hall–Kier alpha value is -1.80. The van der Waals surface area contributed by atoms with Crippen LogP contribution >= 0.6 is 7.82 Å². The third kappa shape index (κ3) is 61.8. The third-order valence-corrected chi connectivity index (χ3v) is 16.2. The number of allylic oxidation sites excluding steroid dienone is 9. The van der Waals surface area contributed by atoms with Gasteiger partial charge >= 0.3 is 7.82 Å². The number of aliphatic hydroxyl groups is 1. The van der Waals surface area contributed by atoms with E-state index in [0.717, 1.165) is 51.4 Å². The number of carbonyl (C=O) groups excluding carboxylic acids is 1. The molecule has 458 valence electrons. The molecule has 3 unspecified atom stereocenters. The minimum absolute atomic E-state index is 0.0564. The Kier molecular flexibility index (Phi) is 58.4. The Morgan fingerprint density at radius 1 is 0.436 bits per heavy atom. The van der Waals surface area contributed by atoms with E-state index in [-0.39, 0.29) is 19.1 Å². The molecule has 0 aromatic heterocycles. The predicted molar refractivity (Wildman–Crippen MR) is 341 cm³/mol. The molecule has 0 saturated carbocycles. The minimum atomic E-state index is -4.36. The second-order valence-electron chi connectivity index (χ2n) is 24.2. The zero-order chi connectivity index (χ0) is 57.0. The van der Waals surface area contributed by atoms with Crippen LogP contribution in [0.2, 0.25) is 0 Å². The number of phosphoric ester groups is 1. The average Bonchev–Trinajstić information content (AvgIpc) is 3.41. The van der Waals surface area contributed by atoms with Crippen LogP contribution in [0.1, 0.15) is 322 Å². The first-order chi connectivity index (χ1) is 38.0. The molecule has 3 N–H and O–H groups in total. The molecule has 0 aromatic carbocycles. The van der Waals surface area contributed by atoms with Crippen molar-refractivity contribution in [2.75, 3.05) is 40.9 Å². The van der Waals surface area contributed by atoms with E-state index in [1.165, 1.54) is 250 Å². The van der Waals surface area contributed by atoms with Crippen LogP contribution in [0.5, 0.6) is 0 Å². The van der Waals surface area contributed by atoms with Gasteiger partial charge in [0.2, 0.25) is 5.91 Å². The molecule has 8 nitrogen and oxygen atoms in total. The number of likely N-dealkylation sites (N-methyl/N-ethyl adjacent to an activating group) is 1. The second kappa shape index (κ2) is 59.8. The van der Waals surface area contributed by atoms with E-state index in [4.69, 9.17) is 9.05 Å². The number of nitrogens with one attached hydrogen (secondary N) is 1. The lowest BCUT2D eigenvalue weighted by molar-refractivity contribution is -0.870. The largest absolute Gasteiger partial charge is 0.472 e. The summed E-state index contributed by atoms with van der Waals surface area (Å²) in [6.07, 6.45) is 82.2. The summed E-state index contributed by atoms with van der Waals surface area (Å²) in [5.41, 5.74) is 0. The molecule has 0 aliphatic rings. The molecule has 0 heterocycles. The van der Waals surface area contributed by atoms with Crippen LogP contribution in [0.25, 0.3) is 0 Å². The summed E-state index contributed by atoms with van der Waals surface area (Å²) < 4.78 is 23.8. The standard InChI is InChI=1S/C69H131N2O6P/c1-6-8-10-12-14-16-18-20-22-24-26-28-29-30-31-32-33-34-35-36-37-38-39-40-41-43-45-47-49-51-53-55-57-59-61-63-69(73)70-67(66-77-78(74,75)76-65-64-71(3,4)5)68(72)62-60-58-56-54-52-50-48-46-44-42-27-25-23-21-19-17-15-13-11-9-7-2/h18,20,24,26,29-30,52,54,60,62,67-68,72H,6-17,19,21-23,25,27-28,31-51,53,55-59,61,63-66H2,1-5H3,(H-,70,73,74,75)/p+1/b20-18-,26-24-,30-29-,54-52+,62-60+. The highest BCUT2D eigenvalue weighted by Gasteiger charge is 2.28. The van der Waals surface area contributed by atoms with Crippen LogP contribution in [0.3, 0.4) is 0 Å². The molecular formula is C69H132N2O6P+. The number of quaternary nitrogens is 1. The van der Waals surface area contributed by atoms with E-state index in [2.05, 4.69) is 67.8 Å². The van der Waals surface area contributed by atoms with Gasteiger partial charge < -0.3 is 19.8 Å². The van der Waals surface area contributed by atoms with E-state index >= 15 is 0 Å². The first kappa shape index (κ1) is 76.2. The zero-order valence-electron chi connectivity index (χ0n) is 52.4. The van der Waals surface area contributed by atoms with Gasteiger partial charge in [-0.15, -0.1) is 0 Å². The van der Waals surface area contributed by atoms with Crippen molar-refractivity contribution in [3.05, 3.63) is 60.8 Å². The van der Waals surface area contributed by atoms with Gasteiger partial charge in [0, 0.05) is 6.42 Å². The van der Waals surface area contributed by atoms with Gasteiger partial charge in [0.1, 0.15) is 13.2 Å². The SMILES string of the molecule is CCCCCCC/C=C\C/C=C\C/C=C\CCCCCCCCCCCCCCCCCCCCCCC(=O)NC(COP(=O)(O)OCC[N+](C)(C)C)C(O)/C=C/CC/C=C/CCCCCCCCCCCCCCCCC.